The van der Waals surface area contributed by atoms with E-state index in [0.717, 1.165) is 12.2 Å². The van der Waals surface area contributed by atoms with E-state index in [9.17, 15) is 21.6 Å². The first-order valence-corrected chi connectivity index (χ1v) is 8.17. The van der Waals surface area contributed by atoms with Gasteiger partial charge in [-0.3, -0.25) is 0 Å². The van der Waals surface area contributed by atoms with Crippen LogP contribution < -0.4 is 10.0 Å². The summed E-state index contributed by atoms with van der Waals surface area (Å²) in [5.41, 5.74) is 0.731. The molecule has 0 aromatic carbocycles. The zero-order valence-electron chi connectivity index (χ0n) is 11.8. The van der Waals surface area contributed by atoms with E-state index in [0.29, 0.717) is 6.54 Å². The van der Waals surface area contributed by atoms with Crippen LogP contribution in [-0.4, -0.2) is 32.7 Å². The van der Waals surface area contributed by atoms with Crippen molar-refractivity contribution in [2.45, 2.75) is 43.8 Å². The van der Waals surface area contributed by atoms with Crippen molar-refractivity contribution in [1.29, 1.82) is 0 Å². The molecule has 0 aliphatic rings. The summed E-state index contributed by atoms with van der Waals surface area (Å²) in [6.07, 6.45) is -3.67. The van der Waals surface area contributed by atoms with Crippen LogP contribution in [0.2, 0.25) is 0 Å². The Morgan fingerprint density at radius 2 is 2.00 bits per heavy atom. The fourth-order valence-corrected chi connectivity index (χ4v) is 2.77. The predicted octanol–water partition coefficient (Wildman–Crippen LogP) is 2.14. The van der Waals surface area contributed by atoms with E-state index in [4.69, 9.17) is 0 Å². The van der Waals surface area contributed by atoms with Gasteiger partial charge in [0.25, 0.3) is 0 Å². The van der Waals surface area contributed by atoms with Crippen molar-refractivity contribution in [1.82, 2.24) is 15.0 Å². The largest absolute Gasteiger partial charge is 0.389 e. The molecule has 9 heteroatoms. The van der Waals surface area contributed by atoms with Crippen LogP contribution in [0.1, 0.15) is 31.9 Å². The van der Waals surface area contributed by atoms with E-state index >= 15 is 0 Å². The van der Waals surface area contributed by atoms with E-state index in [-0.39, 0.29) is 24.3 Å². The quantitative estimate of drug-likeness (QED) is 0.608. The molecule has 0 saturated heterocycles. The van der Waals surface area contributed by atoms with Gasteiger partial charge in [0, 0.05) is 31.4 Å². The molecule has 1 aromatic heterocycles. The molecule has 0 spiro atoms. The SMILES string of the molecule is CCNCc1cc(S(=O)(=O)NCCCCC(F)(F)F)c[nH]1. The topological polar surface area (TPSA) is 74.0 Å². The summed E-state index contributed by atoms with van der Waals surface area (Å²) in [5.74, 6) is 0. The van der Waals surface area contributed by atoms with Gasteiger partial charge >= 0.3 is 6.18 Å². The van der Waals surface area contributed by atoms with Crippen LogP contribution >= 0.6 is 0 Å². The summed E-state index contributed by atoms with van der Waals surface area (Å²) < 4.78 is 61.9. The Labute approximate surface area is 122 Å². The number of halogens is 3. The molecule has 0 atom stereocenters. The molecular weight excluding hydrogens is 307 g/mol. The molecule has 0 unspecified atom stereocenters. The van der Waals surface area contributed by atoms with Crippen LogP contribution in [0, 0.1) is 0 Å². The van der Waals surface area contributed by atoms with E-state index in [1.807, 2.05) is 6.92 Å². The Hall–Kier alpha value is -1.06. The van der Waals surface area contributed by atoms with Crippen molar-refractivity contribution in [3.8, 4) is 0 Å². The van der Waals surface area contributed by atoms with Crippen molar-refractivity contribution in [3.63, 3.8) is 0 Å². The minimum Gasteiger partial charge on any atom is -0.363 e. The number of hydrogen-bond donors (Lipinski definition) is 3. The average molecular weight is 327 g/mol. The fourth-order valence-electron chi connectivity index (χ4n) is 1.68. The van der Waals surface area contributed by atoms with E-state index in [1.165, 1.54) is 12.3 Å². The van der Waals surface area contributed by atoms with E-state index in [1.54, 1.807) is 0 Å². The third-order valence-corrected chi connectivity index (χ3v) is 4.21. The standard InChI is InChI=1S/C12H20F3N3O2S/c1-2-16-8-10-7-11(9-17-10)21(19,20)18-6-4-3-5-12(13,14)15/h7,9,16-18H,2-6,8H2,1H3. The number of alkyl halides is 3. The summed E-state index contributed by atoms with van der Waals surface area (Å²) in [4.78, 5) is 2.93. The van der Waals surface area contributed by atoms with Gasteiger partial charge in [-0.25, -0.2) is 13.1 Å². The highest BCUT2D eigenvalue weighted by Gasteiger charge is 2.26. The predicted molar refractivity (Wildman–Crippen MR) is 73.3 cm³/mol. The highest BCUT2D eigenvalue weighted by atomic mass is 32.2. The molecule has 0 amide bonds. The van der Waals surface area contributed by atoms with Crippen LogP contribution in [0.15, 0.2) is 17.2 Å². The smallest absolute Gasteiger partial charge is 0.363 e. The first kappa shape index (κ1) is 18.0. The van der Waals surface area contributed by atoms with Gasteiger partial charge in [-0.15, -0.1) is 0 Å². The van der Waals surface area contributed by atoms with Crippen molar-refractivity contribution >= 4 is 10.0 Å². The zero-order valence-corrected chi connectivity index (χ0v) is 12.6. The molecule has 0 radical (unpaired) electrons. The van der Waals surface area contributed by atoms with Crippen LogP contribution in [0.5, 0.6) is 0 Å². The van der Waals surface area contributed by atoms with Crippen LogP contribution in [-0.2, 0) is 16.6 Å². The molecule has 3 N–H and O–H groups in total. The lowest BCUT2D eigenvalue weighted by atomic mass is 10.2. The normalized spacial score (nSPS) is 12.8. The Balaban J connectivity index is 2.41. The van der Waals surface area contributed by atoms with Gasteiger partial charge in [0.15, 0.2) is 0 Å². The summed E-state index contributed by atoms with van der Waals surface area (Å²) in [6.45, 7) is 3.21. The van der Waals surface area contributed by atoms with E-state index in [2.05, 4.69) is 15.0 Å². The van der Waals surface area contributed by atoms with Crippen molar-refractivity contribution in [3.05, 3.63) is 18.0 Å². The molecule has 5 nitrogen and oxygen atoms in total. The van der Waals surface area contributed by atoms with Crippen LogP contribution in [0.4, 0.5) is 13.2 Å². The third-order valence-electron chi connectivity index (χ3n) is 2.77. The van der Waals surface area contributed by atoms with Crippen LogP contribution in [0.25, 0.3) is 0 Å². The van der Waals surface area contributed by atoms with Gasteiger partial charge in [-0.05, 0) is 25.5 Å². The number of unbranched alkanes of at least 4 members (excludes halogenated alkanes) is 1. The molecule has 122 valence electrons. The number of hydrogen-bond acceptors (Lipinski definition) is 3. The Bertz CT molecular complexity index is 526. The molecule has 0 bridgehead atoms. The first-order valence-electron chi connectivity index (χ1n) is 6.69. The summed E-state index contributed by atoms with van der Waals surface area (Å²) in [7, 11) is -3.67. The molecule has 0 aliphatic heterocycles. The van der Waals surface area contributed by atoms with Gasteiger partial charge in [0.1, 0.15) is 0 Å². The molecule has 1 rings (SSSR count). The van der Waals surface area contributed by atoms with Crippen molar-refractivity contribution in [2.75, 3.05) is 13.1 Å². The monoisotopic (exact) mass is 327 g/mol. The number of aromatic amines is 1. The Morgan fingerprint density at radius 1 is 1.29 bits per heavy atom. The van der Waals surface area contributed by atoms with Crippen molar-refractivity contribution < 1.29 is 21.6 Å². The lowest BCUT2D eigenvalue weighted by molar-refractivity contribution is -0.135. The maximum Gasteiger partial charge on any atom is 0.389 e. The molecular formula is C12H20F3N3O2S. The molecule has 21 heavy (non-hydrogen) atoms. The number of H-pyrrole nitrogens is 1. The molecule has 0 aliphatic carbocycles. The highest BCUT2D eigenvalue weighted by Crippen LogP contribution is 2.22. The second-order valence-corrected chi connectivity index (χ2v) is 6.38. The second kappa shape index (κ2) is 7.81. The van der Waals surface area contributed by atoms with Gasteiger partial charge in [0.05, 0.1) is 4.90 Å². The Morgan fingerprint density at radius 3 is 2.62 bits per heavy atom. The number of rotatable bonds is 9. The van der Waals surface area contributed by atoms with Gasteiger partial charge in [-0.1, -0.05) is 6.92 Å². The molecule has 0 fully saturated rings. The maximum atomic E-state index is 11.9. The molecule has 0 saturated carbocycles. The van der Waals surface area contributed by atoms with E-state index < -0.39 is 22.6 Å². The number of aromatic nitrogens is 1. The minimum absolute atomic E-state index is 0.00780. The number of sulfonamides is 1. The molecule has 1 aromatic rings. The van der Waals surface area contributed by atoms with Gasteiger partial charge in [-0.2, -0.15) is 13.2 Å². The summed E-state index contributed by atoms with van der Waals surface area (Å²) >= 11 is 0. The lowest BCUT2D eigenvalue weighted by Gasteiger charge is -2.07. The third kappa shape index (κ3) is 6.96. The molecule has 1 heterocycles. The summed E-state index contributed by atoms with van der Waals surface area (Å²) in [6, 6.07) is 1.50. The summed E-state index contributed by atoms with van der Waals surface area (Å²) in [5, 5.41) is 3.05. The van der Waals surface area contributed by atoms with Crippen molar-refractivity contribution in [2.24, 2.45) is 0 Å². The fraction of sp³-hybridized carbons (Fsp3) is 0.667. The average Bonchev–Trinajstić information content (AvgIpc) is 2.84. The van der Waals surface area contributed by atoms with Gasteiger partial charge in [0.2, 0.25) is 10.0 Å². The second-order valence-electron chi connectivity index (χ2n) is 4.61. The zero-order chi connectivity index (χ0) is 15.9. The van der Waals surface area contributed by atoms with Crippen LogP contribution in [0.3, 0.4) is 0 Å². The lowest BCUT2D eigenvalue weighted by Crippen LogP contribution is -2.24. The highest BCUT2D eigenvalue weighted by molar-refractivity contribution is 7.89. The first-order chi connectivity index (χ1) is 9.74. The Kier molecular flexibility index (Phi) is 6.69. The van der Waals surface area contributed by atoms with Gasteiger partial charge < -0.3 is 10.3 Å². The minimum atomic E-state index is -4.19. The number of nitrogens with one attached hydrogen (secondary N) is 3. The maximum absolute atomic E-state index is 11.9.